The third-order valence-corrected chi connectivity index (χ3v) is 5.77. The molecule has 0 N–H and O–H groups in total. The topological polar surface area (TPSA) is 71.1 Å². The third kappa shape index (κ3) is 1.67. The molecule has 1 saturated carbocycles. The third-order valence-electron chi connectivity index (χ3n) is 4.54. The molecule has 0 aromatic carbocycles. The number of cyclic esters (lactones) is 1. The van der Waals surface area contributed by atoms with Crippen molar-refractivity contribution in [2.45, 2.75) is 41.4 Å². The predicted octanol–water partition coefficient (Wildman–Crippen LogP) is 1.46. The van der Waals surface area contributed by atoms with Gasteiger partial charge in [-0.15, -0.1) is 23.2 Å². The van der Waals surface area contributed by atoms with E-state index in [-0.39, 0.29) is 6.42 Å². The average Bonchev–Trinajstić information content (AvgIpc) is 2.74. The molecule has 0 spiro atoms. The largest absolute Gasteiger partial charge is 0.468 e. The quantitative estimate of drug-likeness (QED) is 0.440. The summed E-state index contributed by atoms with van der Waals surface area (Å²) in [5.41, 5.74) is -0.911. The van der Waals surface area contributed by atoms with Crippen LogP contribution in [0.5, 0.6) is 0 Å². The molecule has 8 heteroatoms. The lowest BCUT2D eigenvalue weighted by atomic mass is 9.83. The first-order valence-corrected chi connectivity index (χ1v) is 7.13. The van der Waals surface area contributed by atoms with Gasteiger partial charge in [0.25, 0.3) is 0 Å². The van der Waals surface area contributed by atoms with Gasteiger partial charge < -0.3 is 18.9 Å². The second-order valence-electron chi connectivity index (χ2n) is 5.78. The second kappa shape index (κ2) is 4.72. The number of alkyl halides is 2. The Hall–Kier alpha value is -0.560. The van der Waals surface area contributed by atoms with Crippen LogP contribution in [0.15, 0.2) is 0 Å². The van der Waals surface area contributed by atoms with E-state index in [0.717, 1.165) is 0 Å². The Kier molecular flexibility index (Phi) is 3.77. The van der Waals surface area contributed by atoms with Gasteiger partial charge in [0, 0.05) is 20.1 Å². The summed E-state index contributed by atoms with van der Waals surface area (Å²) < 4.78 is 20.9. The summed E-state index contributed by atoms with van der Waals surface area (Å²) in [7, 11) is 3.74. The molecule has 2 aliphatic rings. The van der Waals surface area contributed by atoms with Gasteiger partial charge in [0.2, 0.25) is 10.7 Å². The van der Waals surface area contributed by atoms with Crippen molar-refractivity contribution in [3.05, 3.63) is 0 Å². The molecule has 21 heavy (non-hydrogen) atoms. The van der Waals surface area contributed by atoms with Crippen LogP contribution in [0.4, 0.5) is 0 Å². The van der Waals surface area contributed by atoms with E-state index in [0.29, 0.717) is 0 Å². The second-order valence-corrected chi connectivity index (χ2v) is 7.02. The molecule has 1 aliphatic heterocycles. The first kappa shape index (κ1) is 16.8. The van der Waals surface area contributed by atoms with Crippen LogP contribution in [-0.4, -0.2) is 54.4 Å². The van der Waals surface area contributed by atoms with E-state index in [9.17, 15) is 9.59 Å². The fraction of sp³-hybridized carbons (Fsp3) is 0.846. The molecule has 0 aromatic heterocycles. The summed E-state index contributed by atoms with van der Waals surface area (Å²) >= 11 is 13.1. The highest BCUT2D eigenvalue weighted by Crippen LogP contribution is 2.65. The Morgan fingerprint density at radius 1 is 1.24 bits per heavy atom. The minimum atomic E-state index is -1.90. The zero-order valence-corrected chi connectivity index (χ0v) is 14.0. The van der Waals surface area contributed by atoms with Crippen LogP contribution in [0.3, 0.4) is 0 Å². The fourth-order valence-corrected chi connectivity index (χ4v) is 4.82. The van der Waals surface area contributed by atoms with E-state index in [1.54, 1.807) is 13.8 Å². The van der Waals surface area contributed by atoms with Crippen LogP contribution in [0.1, 0.15) is 20.3 Å². The van der Waals surface area contributed by atoms with Crippen molar-refractivity contribution in [2.75, 3.05) is 21.3 Å². The van der Waals surface area contributed by atoms with Gasteiger partial charge in [-0.3, -0.25) is 0 Å². The molecule has 2 fully saturated rings. The van der Waals surface area contributed by atoms with Gasteiger partial charge in [0.15, 0.2) is 4.87 Å². The molecule has 1 saturated heterocycles. The smallest absolute Gasteiger partial charge is 0.333 e. The minimum Gasteiger partial charge on any atom is -0.468 e. The Bertz CT molecular complexity index is 489. The minimum absolute atomic E-state index is 0.0190. The highest BCUT2D eigenvalue weighted by atomic mass is 35.5. The first-order valence-electron chi connectivity index (χ1n) is 6.37. The van der Waals surface area contributed by atoms with Crippen molar-refractivity contribution >= 4 is 35.1 Å². The zero-order valence-electron chi connectivity index (χ0n) is 12.5. The van der Waals surface area contributed by atoms with Gasteiger partial charge in [-0.2, -0.15) is 0 Å². The lowest BCUT2D eigenvalue weighted by molar-refractivity contribution is -0.239. The average molecular weight is 341 g/mol. The molecule has 0 amide bonds. The highest BCUT2D eigenvalue weighted by molar-refractivity contribution is 6.42. The van der Waals surface area contributed by atoms with Crippen LogP contribution in [-0.2, 0) is 28.5 Å². The lowest BCUT2D eigenvalue weighted by Crippen LogP contribution is -2.65. The van der Waals surface area contributed by atoms with E-state index < -0.39 is 39.0 Å². The van der Waals surface area contributed by atoms with E-state index in [1.165, 1.54) is 21.3 Å². The molecule has 0 bridgehead atoms. The number of halogens is 2. The molecular formula is C13H18Cl2O6. The number of carbonyl (C=O) groups excluding carboxylic acids is 2. The van der Waals surface area contributed by atoms with Crippen molar-refractivity contribution in [1.29, 1.82) is 0 Å². The normalized spacial score (nSPS) is 39.8. The van der Waals surface area contributed by atoms with Crippen molar-refractivity contribution < 1.29 is 28.5 Å². The standard InChI is InChI=1S/C13H18Cl2O6/c1-10(2)7-6-11(14,8(16)18-3)13(19-4,20-5)12(7,15)9(17)21-10/h7H,6H2,1-5H3/t7?,11-,12+/m1/s1. The summed E-state index contributed by atoms with van der Waals surface area (Å²) in [5, 5.41) is 0. The summed E-state index contributed by atoms with van der Waals surface area (Å²) in [6, 6.07) is 0. The van der Waals surface area contributed by atoms with E-state index in [2.05, 4.69) is 0 Å². The molecule has 6 nitrogen and oxygen atoms in total. The fourth-order valence-electron chi connectivity index (χ4n) is 3.54. The van der Waals surface area contributed by atoms with E-state index >= 15 is 0 Å². The summed E-state index contributed by atoms with van der Waals surface area (Å²) in [6.07, 6.45) is 0.0190. The van der Waals surface area contributed by atoms with Gasteiger partial charge in [-0.1, -0.05) is 0 Å². The maximum Gasteiger partial charge on any atom is 0.333 e. The maximum atomic E-state index is 12.4. The van der Waals surface area contributed by atoms with Gasteiger partial charge in [0.05, 0.1) is 7.11 Å². The van der Waals surface area contributed by atoms with Gasteiger partial charge in [0.1, 0.15) is 5.60 Å². The monoisotopic (exact) mass is 340 g/mol. The molecule has 0 aromatic rings. The van der Waals surface area contributed by atoms with Crippen LogP contribution < -0.4 is 0 Å². The molecule has 1 heterocycles. The Balaban J connectivity index is 2.71. The highest BCUT2D eigenvalue weighted by Gasteiger charge is 2.85. The SMILES string of the molecule is COC(=O)[C@]1(Cl)CC2C(C)(C)OC(=O)[C@]2(Cl)C1(OC)OC. The van der Waals surface area contributed by atoms with Gasteiger partial charge >= 0.3 is 11.9 Å². The number of ether oxygens (including phenoxy) is 4. The Morgan fingerprint density at radius 2 is 1.76 bits per heavy atom. The maximum absolute atomic E-state index is 12.4. The zero-order chi connectivity index (χ0) is 16.3. The predicted molar refractivity (Wildman–Crippen MR) is 74.2 cm³/mol. The summed E-state index contributed by atoms with van der Waals surface area (Å²) in [6.45, 7) is 3.41. The number of hydrogen-bond acceptors (Lipinski definition) is 6. The molecule has 2 rings (SSSR count). The first-order chi connectivity index (χ1) is 9.57. The Morgan fingerprint density at radius 3 is 2.19 bits per heavy atom. The summed E-state index contributed by atoms with van der Waals surface area (Å²) in [4.78, 5) is 21.1. The molecule has 120 valence electrons. The van der Waals surface area contributed by atoms with Crippen LogP contribution in [0.25, 0.3) is 0 Å². The van der Waals surface area contributed by atoms with Crippen LogP contribution in [0.2, 0.25) is 0 Å². The molecule has 3 atom stereocenters. The number of methoxy groups -OCH3 is 3. The summed E-state index contributed by atoms with van der Waals surface area (Å²) in [5.74, 6) is -3.98. The van der Waals surface area contributed by atoms with Crippen molar-refractivity contribution in [1.82, 2.24) is 0 Å². The number of hydrogen-bond donors (Lipinski definition) is 0. The van der Waals surface area contributed by atoms with Crippen molar-refractivity contribution in [2.24, 2.45) is 5.92 Å². The van der Waals surface area contributed by atoms with Gasteiger partial charge in [-0.25, -0.2) is 9.59 Å². The van der Waals surface area contributed by atoms with Crippen molar-refractivity contribution in [3.8, 4) is 0 Å². The van der Waals surface area contributed by atoms with Crippen LogP contribution in [0, 0.1) is 5.92 Å². The Labute approximate surface area is 132 Å². The molecule has 0 radical (unpaired) electrons. The van der Waals surface area contributed by atoms with E-state index in [1.807, 2.05) is 0 Å². The van der Waals surface area contributed by atoms with Crippen LogP contribution >= 0.6 is 23.2 Å². The molecule has 1 unspecified atom stereocenters. The van der Waals surface area contributed by atoms with Crippen molar-refractivity contribution in [3.63, 3.8) is 0 Å². The lowest BCUT2D eigenvalue weighted by Gasteiger charge is -2.42. The number of rotatable bonds is 3. The molecular weight excluding hydrogens is 323 g/mol. The van der Waals surface area contributed by atoms with E-state index in [4.69, 9.17) is 42.1 Å². The number of fused-ring (bicyclic) bond motifs is 1. The van der Waals surface area contributed by atoms with Gasteiger partial charge in [-0.05, 0) is 20.3 Å². The molecule has 1 aliphatic carbocycles. The number of esters is 2. The number of carbonyl (C=O) groups is 2.